The monoisotopic (exact) mass is 427 g/mol. The van der Waals surface area contributed by atoms with E-state index >= 15 is 0 Å². The SMILES string of the molecule is CCOC(=O)C(C(=O)Nc1ccc(OCC)cc1)c1nc(C)c(S(N)(=O)=O)s1. The summed E-state index contributed by atoms with van der Waals surface area (Å²) in [7, 11) is -4.02. The highest BCUT2D eigenvalue weighted by Gasteiger charge is 2.35. The molecule has 9 nitrogen and oxygen atoms in total. The van der Waals surface area contributed by atoms with Crippen molar-refractivity contribution in [2.75, 3.05) is 18.5 Å². The smallest absolute Gasteiger partial charge is 0.325 e. The Balaban J connectivity index is 2.32. The molecule has 0 saturated carbocycles. The molecule has 0 aliphatic rings. The summed E-state index contributed by atoms with van der Waals surface area (Å²) < 4.78 is 33.4. The van der Waals surface area contributed by atoms with Crippen LogP contribution in [0.2, 0.25) is 0 Å². The molecule has 28 heavy (non-hydrogen) atoms. The van der Waals surface area contributed by atoms with Crippen LogP contribution < -0.4 is 15.2 Å². The first-order chi connectivity index (χ1) is 13.2. The van der Waals surface area contributed by atoms with Crippen molar-refractivity contribution < 1.29 is 27.5 Å². The van der Waals surface area contributed by atoms with Crippen molar-refractivity contribution in [3.05, 3.63) is 35.0 Å². The lowest BCUT2D eigenvalue weighted by Crippen LogP contribution is -2.29. The van der Waals surface area contributed by atoms with Crippen LogP contribution in [0.5, 0.6) is 5.75 Å². The van der Waals surface area contributed by atoms with Crippen molar-refractivity contribution in [2.24, 2.45) is 5.14 Å². The van der Waals surface area contributed by atoms with E-state index in [-0.39, 0.29) is 21.5 Å². The van der Waals surface area contributed by atoms with Gasteiger partial charge in [0.05, 0.1) is 18.9 Å². The van der Waals surface area contributed by atoms with E-state index in [1.54, 1.807) is 31.2 Å². The third kappa shape index (κ3) is 5.27. The Kier molecular flexibility index (Phi) is 7.11. The highest BCUT2D eigenvalue weighted by atomic mass is 32.2. The van der Waals surface area contributed by atoms with Crippen LogP contribution >= 0.6 is 11.3 Å². The topological polar surface area (TPSA) is 138 Å². The summed E-state index contributed by atoms with van der Waals surface area (Å²) in [5.74, 6) is -2.32. The minimum absolute atomic E-state index is 0.0107. The molecule has 1 amide bonds. The lowest BCUT2D eigenvalue weighted by atomic mass is 10.1. The summed E-state index contributed by atoms with van der Waals surface area (Å²) in [4.78, 5) is 29.2. The van der Waals surface area contributed by atoms with Gasteiger partial charge >= 0.3 is 5.97 Å². The van der Waals surface area contributed by atoms with Crippen molar-refractivity contribution in [3.63, 3.8) is 0 Å². The van der Waals surface area contributed by atoms with Gasteiger partial charge in [0.1, 0.15) is 10.8 Å². The van der Waals surface area contributed by atoms with E-state index in [9.17, 15) is 18.0 Å². The molecule has 0 fully saturated rings. The number of amides is 1. The number of carbonyl (C=O) groups excluding carboxylic acids is 2. The number of hydrogen-bond donors (Lipinski definition) is 2. The minimum Gasteiger partial charge on any atom is -0.494 e. The van der Waals surface area contributed by atoms with Gasteiger partial charge < -0.3 is 14.8 Å². The maximum atomic E-state index is 12.8. The average molecular weight is 428 g/mol. The number of nitrogens with one attached hydrogen (secondary N) is 1. The van der Waals surface area contributed by atoms with Crippen LogP contribution in [0, 0.1) is 6.92 Å². The molecule has 0 saturated heterocycles. The van der Waals surface area contributed by atoms with Crippen LogP contribution in [-0.4, -0.2) is 38.5 Å². The molecule has 1 unspecified atom stereocenters. The number of benzene rings is 1. The first-order valence-electron chi connectivity index (χ1n) is 8.37. The van der Waals surface area contributed by atoms with Gasteiger partial charge in [0.25, 0.3) is 0 Å². The number of rotatable bonds is 8. The fraction of sp³-hybridized carbons (Fsp3) is 0.353. The van der Waals surface area contributed by atoms with Gasteiger partial charge in [-0.25, -0.2) is 18.5 Å². The third-order valence-electron chi connectivity index (χ3n) is 3.49. The molecule has 3 N–H and O–H groups in total. The Morgan fingerprint density at radius 3 is 2.36 bits per heavy atom. The summed E-state index contributed by atoms with van der Waals surface area (Å²) in [6, 6.07) is 6.58. The molecule has 1 heterocycles. The number of ether oxygens (including phenoxy) is 2. The van der Waals surface area contributed by atoms with E-state index < -0.39 is 27.8 Å². The number of primary sulfonamides is 1. The van der Waals surface area contributed by atoms with Gasteiger partial charge in [-0.15, -0.1) is 11.3 Å². The Labute approximate surface area is 166 Å². The van der Waals surface area contributed by atoms with Gasteiger partial charge in [0.2, 0.25) is 15.9 Å². The second-order valence-electron chi connectivity index (χ2n) is 5.60. The number of nitrogens with two attached hydrogens (primary N) is 1. The maximum absolute atomic E-state index is 12.8. The Hall–Kier alpha value is -2.50. The molecular formula is C17H21N3O6S2. The van der Waals surface area contributed by atoms with Crippen molar-refractivity contribution >= 4 is 38.9 Å². The molecule has 2 rings (SSSR count). The fourth-order valence-corrected chi connectivity index (χ4v) is 4.42. The van der Waals surface area contributed by atoms with Crippen LogP contribution in [0.3, 0.4) is 0 Å². The van der Waals surface area contributed by atoms with Gasteiger partial charge in [-0.1, -0.05) is 0 Å². The molecule has 0 aliphatic carbocycles. The molecule has 0 aliphatic heterocycles. The van der Waals surface area contributed by atoms with Crippen LogP contribution in [0.15, 0.2) is 28.5 Å². The van der Waals surface area contributed by atoms with Gasteiger partial charge in [-0.3, -0.25) is 9.59 Å². The molecule has 0 bridgehead atoms. The molecule has 1 aromatic heterocycles. The van der Waals surface area contributed by atoms with E-state index in [1.165, 1.54) is 6.92 Å². The summed E-state index contributed by atoms with van der Waals surface area (Å²) in [6.07, 6.45) is 0. The number of esters is 1. The molecule has 2 aromatic rings. The Morgan fingerprint density at radius 1 is 1.21 bits per heavy atom. The largest absolute Gasteiger partial charge is 0.494 e. The van der Waals surface area contributed by atoms with E-state index in [0.717, 1.165) is 0 Å². The van der Waals surface area contributed by atoms with Gasteiger partial charge in [0, 0.05) is 5.69 Å². The number of aromatic nitrogens is 1. The molecule has 0 spiro atoms. The Bertz CT molecular complexity index is 954. The highest BCUT2D eigenvalue weighted by molar-refractivity contribution is 7.91. The number of hydrogen-bond acceptors (Lipinski definition) is 8. The van der Waals surface area contributed by atoms with Crippen molar-refractivity contribution in [3.8, 4) is 5.75 Å². The first-order valence-corrected chi connectivity index (χ1v) is 10.7. The number of sulfonamides is 1. The van der Waals surface area contributed by atoms with Gasteiger partial charge in [-0.2, -0.15) is 0 Å². The summed E-state index contributed by atoms with van der Waals surface area (Å²) in [5, 5.41) is 7.75. The molecule has 1 atom stereocenters. The Morgan fingerprint density at radius 2 is 1.86 bits per heavy atom. The predicted octanol–water partition coefficient (Wildman–Crippen LogP) is 1.78. The number of nitrogens with zero attached hydrogens (tertiary/aromatic N) is 1. The van der Waals surface area contributed by atoms with Crippen LogP contribution in [0.1, 0.15) is 30.5 Å². The van der Waals surface area contributed by atoms with Gasteiger partial charge in [-0.05, 0) is 45.0 Å². The minimum atomic E-state index is -4.02. The second-order valence-corrected chi connectivity index (χ2v) is 8.39. The van der Waals surface area contributed by atoms with E-state index in [2.05, 4.69) is 10.3 Å². The normalized spacial score (nSPS) is 12.3. The molecule has 0 radical (unpaired) electrons. The molecule has 1 aromatic carbocycles. The third-order valence-corrected chi connectivity index (χ3v) is 6.27. The summed E-state index contributed by atoms with van der Waals surface area (Å²) in [5.41, 5.74) is 0.549. The lowest BCUT2D eigenvalue weighted by Gasteiger charge is -2.14. The van der Waals surface area contributed by atoms with Gasteiger partial charge in [0.15, 0.2) is 10.1 Å². The van der Waals surface area contributed by atoms with Crippen molar-refractivity contribution in [1.82, 2.24) is 4.98 Å². The van der Waals surface area contributed by atoms with E-state index in [0.29, 0.717) is 29.4 Å². The predicted molar refractivity (Wildman–Crippen MR) is 104 cm³/mol. The molecule has 11 heteroatoms. The maximum Gasteiger partial charge on any atom is 0.325 e. The summed E-state index contributed by atoms with van der Waals surface area (Å²) >= 11 is 0.671. The highest BCUT2D eigenvalue weighted by Crippen LogP contribution is 2.30. The fourth-order valence-electron chi connectivity index (χ4n) is 2.35. The van der Waals surface area contributed by atoms with Crippen LogP contribution in [-0.2, 0) is 24.3 Å². The molecule has 152 valence electrons. The van der Waals surface area contributed by atoms with Crippen molar-refractivity contribution in [1.29, 1.82) is 0 Å². The van der Waals surface area contributed by atoms with Crippen LogP contribution in [0.25, 0.3) is 0 Å². The molecular weight excluding hydrogens is 406 g/mol. The standard InChI is InChI=1S/C17H21N3O6S2/c1-4-25-12-8-6-11(7-9-12)20-14(21)13(16(22)26-5-2)15-19-10(3)17(27-15)28(18,23)24/h6-9,13H,4-5H2,1-3H3,(H,20,21)(H2,18,23,24). The quantitative estimate of drug-likeness (QED) is 0.484. The van der Waals surface area contributed by atoms with Crippen LogP contribution in [0.4, 0.5) is 5.69 Å². The zero-order valence-corrected chi connectivity index (χ0v) is 17.2. The number of thiazole rings is 1. The van der Waals surface area contributed by atoms with E-state index in [1.807, 2.05) is 6.92 Å². The second kappa shape index (κ2) is 9.13. The number of anilines is 1. The van der Waals surface area contributed by atoms with Crippen molar-refractivity contribution in [2.45, 2.75) is 30.9 Å². The average Bonchev–Trinajstić information content (AvgIpc) is 2.99. The summed E-state index contributed by atoms with van der Waals surface area (Å²) in [6.45, 7) is 5.45. The lowest BCUT2D eigenvalue weighted by molar-refractivity contribution is -0.147. The number of carbonyl (C=O) groups is 2. The van der Waals surface area contributed by atoms with E-state index in [4.69, 9.17) is 14.6 Å². The first kappa shape index (κ1) is 21.8. The zero-order valence-electron chi connectivity index (χ0n) is 15.6. The zero-order chi connectivity index (χ0) is 20.9. The number of aryl methyl sites for hydroxylation is 1.